The third kappa shape index (κ3) is 2.68. The zero-order chi connectivity index (χ0) is 14.8. The Kier molecular flexibility index (Phi) is 4.09. The van der Waals surface area contributed by atoms with E-state index in [2.05, 4.69) is 0 Å². The maximum Gasteiger partial charge on any atom is 0.132 e. The van der Waals surface area contributed by atoms with Crippen molar-refractivity contribution in [3.8, 4) is 5.75 Å². The van der Waals surface area contributed by atoms with Crippen LogP contribution in [-0.2, 0) is 5.41 Å². The molecule has 0 heterocycles. The Morgan fingerprint density at radius 2 is 1.75 bits per heavy atom. The van der Waals surface area contributed by atoms with Crippen molar-refractivity contribution < 1.29 is 14.2 Å². The zero-order valence-electron chi connectivity index (χ0n) is 11.9. The summed E-state index contributed by atoms with van der Waals surface area (Å²) >= 11 is 0. The molecule has 0 bridgehead atoms. The Bertz CT molecular complexity index is 579. The lowest BCUT2D eigenvalue weighted by atomic mass is 9.76. The first-order valence-corrected chi connectivity index (χ1v) is 6.54. The molecule has 0 radical (unpaired) electrons. The second-order valence-electron chi connectivity index (χ2n) is 5.38. The summed E-state index contributed by atoms with van der Waals surface area (Å²) in [5.74, 6) is -0.0168. The van der Waals surface area contributed by atoms with Gasteiger partial charge in [-0.3, -0.25) is 0 Å². The van der Waals surface area contributed by atoms with Gasteiger partial charge in [0.05, 0.1) is 13.2 Å². The maximum absolute atomic E-state index is 14.1. The molecule has 20 heavy (non-hydrogen) atoms. The lowest BCUT2D eigenvalue weighted by molar-refractivity contribution is 0.0965. The van der Waals surface area contributed by atoms with Crippen LogP contribution in [0.3, 0.4) is 0 Å². The van der Waals surface area contributed by atoms with E-state index in [1.807, 2.05) is 44.2 Å². The Hall–Kier alpha value is -1.87. The molecular weight excluding hydrogens is 255 g/mol. The fraction of sp³-hybridized carbons (Fsp3) is 0.294. The smallest absolute Gasteiger partial charge is 0.132 e. The van der Waals surface area contributed by atoms with E-state index in [-0.39, 0.29) is 5.56 Å². The minimum Gasteiger partial charge on any atom is -0.497 e. The molecule has 0 saturated heterocycles. The molecule has 3 heteroatoms. The van der Waals surface area contributed by atoms with Gasteiger partial charge in [0.25, 0.3) is 0 Å². The summed E-state index contributed by atoms with van der Waals surface area (Å²) in [5.41, 5.74) is 0.652. The number of benzene rings is 2. The molecule has 0 spiro atoms. The largest absolute Gasteiger partial charge is 0.497 e. The number of methoxy groups -OCH3 is 1. The van der Waals surface area contributed by atoms with Gasteiger partial charge in [0.15, 0.2) is 0 Å². The van der Waals surface area contributed by atoms with E-state index in [1.54, 1.807) is 12.1 Å². The van der Waals surface area contributed by atoms with Crippen LogP contribution in [0.1, 0.15) is 31.1 Å². The molecule has 2 rings (SSSR count). The lowest BCUT2D eigenvalue weighted by Crippen LogP contribution is -2.27. The third-order valence-corrected chi connectivity index (χ3v) is 3.70. The average Bonchev–Trinajstić information content (AvgIpc) is 2.47. The van der Waals surface area contributed by atoms with E-state index in [9.17, 15) is 9.50 Å². The molecule has 0 aliphatic carbocycles. The molecule has 0 saturated carbocycles. The van der Waals surface area contributed by atoms with Crippen molar-refractivity contribution in [1.29, 1.82) is 0 Å². The van der Waals surface area contributed by atoms with Crippen LogP contribution in [0.15, 0.2) is 48.5 Å². The zero-order valence-corrected chi connectivity index (χ0v) is 11.9. The van der Waals surface area contributed by atoms with E-state index < -0.39 is 17.3 Å². The molecular formula is C17H19FO2. The molecule has 0 amide bonds. The molecule has 106 valence electrons. The Labute approximate surface area is 118 Å². The molecule has 2 aromatic rings. The SMILES string of the molecule is COc1ccc(C(O)C(C)(C)c2ccccc2)c(F)c1. The highest BCUT2D eigenvalue weighted by Crippen LogP contribution is 2.38. The highest BCUT2D eigenvalue weighted by Gasteiger charge is 2.32. The van der Waals surface area contributed by atoms with Gasteiger partial charge in [-0.25, -0.2) is 4.39 Å². The number of rotatable bonds is 4. The van der Waals surface area contributed by atoms with E-state index in [1.165, 1.54) is 13.2 Å². The van der Waals surface area contributed by atoms with Gasteiger partial charge in [-0.15, -0.1) is 0 Å². The van der Waals surface area contributed by atoms with E-state index in [0.717, 1.165) is 5.56 Å². The second-order valence-corrected chi connectivity index (χ2v) is 5.38. The molecule has 0 aliphatic rings. The van der Waals surface area contributed by atoms with Crippen molar-refractivity contribution in [3.63, 3.8) is 0 Å². The minimum absolute atomic E-state index is 0.277. The van der Waals surface area contributed by atoms with Crippen molar-refractivity contribution >= 4 is 0 Å². The number of aliphatic hydroxyl groups is 1. The van der Waals surface area contributed by atoms with Gasteiger partial charge in [0.2, 0.25) is 0 Å². The van der Waals surface area contributed by atoms with Crippen LogP contribution in [-0.4, -0.2) is 12.2 Å². The summed E-state index contributed by atoms with van der Waals surface area (Å²) in [4.78, 5) is 0. The molecule has 0 aliphatic heterocycles. The van der Waals surface area contributed by atoms with E-state index in [0.29, 0.717) is 5.75 Å². The predicted molar refractivity (Wildman–Crippen MR) is 77.4 cm³/mol. The van der Waals surface area contributed by atoms with Crippen molar-refractivity contribution in [2.24, 2.45) is 0 Å². The van der Waals surface area contributed by atoms with Crippen LogP contribution in [0.4, 0.5) is 4.39 Å². The quantitative estimate of drug-likeness (QED) is 0.917. The lowest BCUT2D eigenvalue weighted by Gasteiger charge is -2.31. The average molecular weight is 274 g/mol. The highest BCUT2D eigenvalue weighted by atomic mass is 19.1. The molecule has 2 nitrogen and oxygen atoms in total. The van der Waals surface area contributed by atoms with Gasteiger partial charge in [-0.1, -0.05) is 44.2 Å². The van der Waals surface area contributed by atoms with Crippen LogP contribution >= 0.6 is 0 Å². The maximum atomic E-state index is 14.1. The molecule has 0 fully saturated rings. The number of halogens is 1. The number of ether oxygens (including phenoxy) is 1. The van der Waals surface area contributed by atoms with E-state index in [4.69, 9.17) is 4.74 Å². The third-order valence-electron chi connectivity index (χ3n) is 3.70. The summed E-state index contributed by atoms with van der Waals surface area (Å²) in [6, 6.07) is 14.1. The normalized spacial score (nSPS) is 13.1. The van der Waals surface area contributed by atoms with Gasteiger partial charge in [-0.05, 0) is 17.7 Å². The van der Waals surface area contributed by atoms with Gasteiger partial charge < -0.3 is 9.84 Å². The summed E-state index contributed by atoms with van der Waals surface area (Å²) in [7, 11) is 1.48. The van der Waals surface area contributed by atoms with Crippen LogP contribution in [0.2, 0.25) is 0 Å². The van der Waals surface area contributed by atoms with Crippen LogP contribution in [0.25, 0.3) is 0 Å². The van der Waals surface area contributed by atoms with Crippen molar-refractivity contribution in [1.82, 2.24) is 0 Å². The topological polar surface area (TPSA) is 29.5 Å². The van der Waals surface area contributed by atoms with E-state index >= 15 is 0 Å². The highest BCUT2D eigenvalue weighted by molar-refractivity contribution is 5.35. The summed E-state index contributed by atoms with van der Waals surface area (Å²) in [6.07, 6.45) is -0.934. The Morgan fingerprint density at radius 1 is 1.10 bits per heavy atom. The molecule has 2 aromatic carbocycles. The van der Waals surface area contributed by atoms with Crippen molar-refractivity contribution in [3.05, 3.63) is 65.5 Å². The first-order chi connectivity index (χ1) is 9.46. The van der Waals surface area contributed by atoms with Gasteiger partial charge in [-0.2, -0.15) is 0 Å². The number of aliphatic hydroxyl groups excluding tert-OH is 1. The fourth-order valence-electron chi connectivity index (χ4n) is 2.27. The number of hydrogen-bond acceptors (Lipinski definition) is 2. The summed E-state index contributed by atoms with van der Waals surface area (Å²) in [5, 5.41) is 10.6. The summed E-state index contributed by atoms with van der Waals surface area (Å²) < 4.78 is 19.1. The monoisotopic (exact) mass is 274 g/mol. The Morgan fingerprint density at radius 3 is 2.30 bits per heavy atom. The molecule has 1 unspecified atom stereocenters. The number of hydrogen-bond donors (Lipinski definition) is 1. The van der Waals surface area contributed by atoms with Crippen molar-refractivity contribution in [2.45, 2.75) is 25.4 Å². The second kappa shape index (κ2) is 5.63. The van der Waals surface area contributed by atoms with Gasteiger partial charge in [0, 0.05) is 17.0 Å². The van der Waals surface area contributed by atoms with Gasteiger partial charge in [0.1, 0.15) is 11.6 Å². The van der Waals surface area contributed by atoms with Crippen LogP contribution in [0, 0.1) is 5.82 Å². The Balaban J connectivity index is 2.38. The predicted octanol–water partition coefficient (Wildman–Crippen LogP) is 3.85. The van der Waals surface area contributed by atoms with Crippen LogP contribution in [0.5, 0.6) is 5.75 Å². The standard InChI is InChI=1S/C17H19FO2/c1-17(2,12-7-5-4-6-8-12)16(19)14-10-9-13(20-3)11-15(14)18/h4-11,16,19H,1-3H3. The first kappa shape index (κ1) is 14.5. The van der Waals surface area contributed by atoms with Gasteiger partial charge >= 0.3 is 0 Å². The van der Waals surface area contributed by atoms with Crippen molar-refractivity contribution in [2.75, 3.05) is 7.11 Å². The summed E-state index contributed by atoms with van der Waals surface area (Å²) in [6.45, 7) is 3.80. The van der Waals surface area contributed by atoms with Crippen LogP contribution < -0.4 is 4.74 Å². The minimum atomic E-state index is -0.934. The molecule has 1 atom stereocenters. The fourth-order valence-corrected chi connectivity index (χ4v) is 2.27. The first-order valence-electron chi connectivity index (χ1n) is 6.54. The molecule has 1 N–H and O–H groups in total. The molecule has 0 aromatic heterocycles.